The number of methoxy groups -OCH3 is 1. The monoisotopic (exact) mass is 231 g/mol. The first kappa shape index (κ1) is 13.1. The predicted octanol–water partition coefficient (Wildman–Crippen LogP) is 2.23. The summed E-state index contributed by atoms with van der Waals surface area (Å²) < 4.78 is 5.03. The molecule has 1 amide bonds. The van der Waals surface area contributed by atoms with Crippen LogP contribution in [0.4, 0.5) is 0 Å². The SMILES string of the molecule is C#CC(CCC)NC(=O)c1ccc(OC)cc1. The fourth-order valence-electron chi connectivity index (χ4n) is 1.47. The topological polar surface area (TPSA) is 38.3 Å². The molecule has 0 saturated heterocycles. The Morgan fingerprint density at radius 1 is 1.47 bits per heavy atom. The van der Waals surface area contributed by atoms with Crippen LogP contribution in [0.25, 0.3) is 0 Å². The van der Waals surface area contributed by atoms with Crippen LogP contribution < -0.4 is 10.1 Å². The lowest BCUT2D eigenvalue weighted by Crippen LogP contribution is -2.33. The molecule has 1 aromatic rings. The van der Waals surface area contributed by atoms with Crippen LogP contribution in [-0.2, 0) is 0 Å². The van der Waals surface area contributed by atoms with Crippen molar-refractivity contribution in [1.82, 2.24) is 5.32 Å². The van der Waals surface area contributed by atoms with E-state index in [9.17, 15) is 4.79 Å². The lowest BCUT2D eigenvalue weighted by molar-refractivity contribution is 0.0944. The van der Waals surface area contributed by atoms with Gasteiger partial charge in [0.25, 0.3) is 5.91 Å². The van der Waals surface area contributed by atoms with Gasteiger partial charge < -0.3 is 10.1 Å². The standard InChI is InChI=1S/C14H17NO2/c1-4-6-12(5-2)15-14(16)11-7-9-13(17-3)10-8-11/h2,7-10,12H,4,6H2,1,3H3,(H,15,16). The second kappa shape index (κ2) is 6.59. The fourth-order valence-corrected chi connectivity index (χ4v) is 1.47. The van der Waals surface area contributed by atoms with Crippen molar-refractivity contribution in [1.29, 1.82) is 0 Å². The summed E-state index contributed by atoms with van der Waals surface area (Å²) >= 11 is 0. The third-order valence-corrected chi connectivity index (χ3v) is 2.44. The van der Waals surface area contributed by atoms with E-state index >= 15 is 0 Å². The Bertz CT molecular complexity index is 403. The molecule has 1 atom stereocenters. The fraction of sp³-hybridized carbons (Fsp3) is 0.357. The molecule has 0 heterocycles. The molecule has 0 aliphatic heterocycles. The molecule has 0 bridgehead atoms. The van der Waals surface area contributed by atoms with Gasteiger partial charge in [-0.2, -0.15) is 0 Å². The first-order chi connectivity index (χ1) is 8.21. The van der Waals surface area contributed by atoms with Gasteiger partial charge in [0.05, 0.1) is 13.2 Å². The van der Waals surface area contributed by atoms with E-state index in [0.29, 0.717) is 5.56 Å². The largest absolute Gasteiger partial charge is 0.497 e. The number of carbonyl (C=O) groups excluding carboxylic acids is 1. The maximum atomic E-state index is 11.8. The zero-order valence-corrected chi connectivity index (χ0v) is 10.2. The van der Waals surface area contributed by atoms with Gasteiger partial charge in [0.2, 0.25) is 0 Å². The van der Waals surface area contributed by atoms with Crippen LogP contribution >= 0.6 is 0 Å². The van der Waals surface area contributed by atoms with Gasteiger partial charge in [-0.25, -0.2) is 0 Å². The zero-order chi connectivity index (χ0) is 12.7. The molecule has 0 fully saturated rings. The minimum Gasteiger partial charge on any atom is -0.497 e. The normalized spacial score (nSPS) is 11.4. The minimum absolute atomic E-state index is 0.149. The smallest absolute Gasteiger partial charge is 0.252 e. The number of carbonyl (C=O) groups is 1. The summed E-state index contributed by atoms with van der Waals surface area (Å²) in [6.45, 7) is 2.03. The van der Waals surface area contributed by atoms with Gasteiger partial charge in [0.15, 0.2) is 0 Å². The van der Waals surface area contributed by atoms with Crippen LogP contribution in [-0.4, -0.2) is 19.1 Å². The highest BCUT2D eigenvalue weighted by Crippen LogP contribution is 2.11. The Kier molecular flexibility index (Phi) is 5.09. The highest BCUT2D eigenvalue weighted by atomic mass is 16.5. The van der Waals surface area contributed by atoms with Gasteiger partial charge in [-0.05, 0) is 30.7 Å². The van der Waals surface area contributed by atoms with Gasteiger partial charge in [0.1, 0.15) is 5.75 Å². The Morgan fingerprint density at radius 2 is 2.12 bits per heavy atom. The summed E-state index contributed by atoms with van der Waals surface area (Å²) in [6, 6.07) is 6.73. The van der Waals surface area contributed by atoms with Gasteiger partial charge in [-0.15, -0.1) is 6.42 Å². The molecule has 0 saturated carbocycles. The number of hydrogen-bond acceptors (Lipinski definition) is 2. The van der Waals surface area contributed by atoms with E-state index in [4.69, 9.17) is 11.2 Å². The summed E-state index contributed by atoms with van der Waals surface area (Å²) in [6.07, 6.45) is 7.08. The van der Waals surface area contributed by atoms with E-state index < -0.39 is 0 Å². The van der Waals surface area contributed by atoms with E-state index in [1.165, 1.54) is 0 Å². The quantitative estimate of drug-likeness (QED) is 0.789. The number of benzene rings is 1. The van der Waals surface area contributed by atoms with Crippen LogP contribution in [0.15, 0.2) is 24.3 Å². The Morgan fingerprint density at radius 3 is 2.59 bits per heavy atom. The molecular formula is C14H17NO2. The van der Waals surface area contributed by atoms with E-state index in [-0.39, 0.29) is 11.9 Å². The highest BCUT2D eigenvalue weighted by Gasteiger charge is 2.10. The lowest BCUT2D eigenvalue weighted by atomic mass is 10.1. The van der Waals surface area contributed by atoms with Crippen molar-refractivity contribution in [3.63, 3.8) is 0 Å². The molecule has 3 nitrogen and oxygen atoms in total. The lowest BCUT2D eigenvalue weighted by Gasteiger charge is -2.12. The van der Waals surface area contributed by atoms with Crippen molar-refractivity contribution in [3.8, 4) is 18.1 Å². The first-order valence-electron chi connectivity index (χ1n) is 5.62. The Labute approximate surface area is 102 Å². The van der Waals surface area contributed by atoms with Crippen LogP contribution in [0, 0.1) is 12.3 Å². The second-order valence-corrected chi connectivity index (χ2v) is 3.71. The number of hydrogen-bond donors (Lipinski definition) is 1. The number of rotatable bonds is 5. The van der Waals surface area contributed by atoms with Crippen LogP contribution in [0.1, 0.15) is 30.1 Å². The predicted molar refractivity (Wildman–Crippen MR) is 68.0 cm³/mol. The van der Waals surface area contributed by atoms with E-state index in [1.54, 1.807) is 31.4 Å². The Hall–Kier alpha value is -1.95. The number of nitrogens with one attached hydrogen (secondary N) is 1. The number of terminal acetylenes is 1. The van der Waals surface area contributed by atoms with Crippen molar-refractivity contribution >= 4 is 5.91 Å². The molecule has 1 rings (SSSR count). The van der Waals surface area contributed by atoms with Gasteiger partial charge >= 0.3 is 0 Å². The molecule has 1 aromatic carbocycles. The molecule has 0 aliphatic rings. The van der Waals surface area contributed by atoms with Crippen LogP contribution in [0.5, 0.6) is 5.75 Å². The number of ether oxygens (including phenoxy) is 1. The summed E-state index contributed by atoms with van der Waals surface area (Å²) in [5.41, 5.74) is 0.585. The molecule has 0 aliphatic carbocycles. The molecule has 1 unspecified atom stereocenters. The maximum absolute atomic E-state index is 11.8. The van der Waals surface area contributed by atoms with Crippen LogP contribution in [0.2, 0.25) is 0 Å². The molecular weight excluding hydrogens is 214 g/mol. The summed E-state index contributed by atoms with van der Waals surface area (Å²) in [5.74, 6) is 3.15. The number of amides is 1. The van der Waals surface area contributed by atoms with Crippen molar-refractivity contribution < 1.29 is 9.53 Å². The minimum atomic E-state index is -0.199. The molecule has 1 N–H and O–H groups in total. The first-order valence-corrected chi connectivity index (χ1v) is 5.62. The molecule has 0 aromatic heterocycles. The third-order valence-electron chi connectivity index (χ3n) is 2.44. The van der Waals surface area contributed by atoms with Gasteiger partial charge in [-0.1, -0.05) is 19.3 Å². The second-order valence-electron chi connectivity index (χ2n) is 3.71. The van der Waals surface area contributed by atoms with Gasteiger partial charge in [0, 0.05) is 5.56 Å². The summed E-state index contributed by atoms with van der Waals surface area (Å²) in [7, 11) is 1.59. The molecule has 0 spiro atoms. The molecule has 0 radical (unpaired) electrons. The summed E-state index contributed by atoms with van der Waals surface area (Å²) in [5, 5.41) is 2.81. The molecule has 3 heteroatoms. The molecule has 17 heavy (non-hydrogen) atoms. The Balaban J connectivity index is 2.66. The van der Waals surface area contributed by atoms with Crippen molar-refractivity contribution in [2.24, 2.45) is 0 Å². The highest BCUT2D eigenvalue weighted by molar-refractivity contribution is 5.94. The van der Waals surface area contributed by atoms with Crippen molar-refractivity contribution in [2.75, 3.05) is 7.11 Å². The van der Waals surface area contributed by atoms with Crippen molar-refractivity contribution in [2.45, 2.75) is 25.8 Å². The van der Waals surface area contributed by atoms with E-state index in [0.717, 1.165) is 18.6 Å². The van der Waals surface area contributed by atoms with Crippen LogP contribution in [0.3, 0.4) is 0 Å². The average Bonchev–Trinajstić information content (AvgIpc) is 2.38. The maximum Gasteiger partial charge on any atom is 0.252 e. The van der Waals surface area contributed by atoms with Gasteiger partial charge in [-0.3, -0.25) is 4.79 Å². The summed E-state index contributed by atoms with van der Waals surface area (Å²) in [4.78, 5) is 11.8. The average molecular weight is 231 g/mol. The van der Waals surface area contributed by atoms with Crippen molar-refractivity contribution in [3.05, 3.63) is 29.8 Å². The molecule has 90 valence electrons. The third kappa shape index (κ3) is 3.84. The zero-order valence-electron chi connectivity index (χ0n) is 10.2. The van der Waals surface area contributed by atoms with E-state index in [1.807, 2.05) is 6.92 Å². The van der Waals surface area contributed by atoms with E-state index in [2.05, 4.69) is 11.2 Å².